The van der Waals surface area contributed by atoms with E-state index < -0.39 is 29.8 Å². The Bertz CT molecular complexity index is 948. The third kappa shape index (κ3) is 3.10. The minimum atomic E-state index is -2.97. The number of hydrogen-bond donors (Lipinski definition) is 1. The highest BCUT2D eigenvalue weighted by atomic mass is 35.5. The van der Waals surface area contributed by atoms with E-state index in [1.807, 2.05) is 0 Å². The number of hydrogen-bond acceptors (Lipinski definition) is 5. The number of carbonyl (C=O) groups is 1. The molecule has 1 aromatic carbocycles. The predicted molar refractivity (Wildman–Crippen MR) is 96.0 cm³/mol. The van der Waals surface area contributed by atoms with Gasteiger partial charge in [-0.1, -0.05) is 17.7 Å². The van der Waals surface area contributed by atoms with Gasteiger partial charge >= 0.3 is 0 Å². The molecule has 2 heterocycles. The number of ketones is 1. The van der Waals surface area contributed by atoms with Gasteiger partial charge in [0.15, 0.2) is 11.3 Å². The van der Waals surface area contributed by atoms with Crippen molar-refractivity contribution in [3.63, 3.8) is 0 Å². The van der Waals surface area contributed by atoms with Gasteiger partial charge in [-0.2, -0.15) is 0 Å². The number of aliphatic imine (C=N–C) groups is 1. The van der Waals surface area contributed by atoms with Crippen molar-refractivity contribution in [2.75, 3.05) is 0 Å². The highest BCUT2D eigenvalue weighted by molar-refractivity contribution is 7.14. The summed E-state index contributed by atoms with van der Waals surface area (Å²) in [7, 11) is 0. The Hall–Kier alpha value is -2.06. The summed E-state index contributed by atoms with van der Waals surface area (Å²) < 4.78 is 48.4. The van der Waals surface area contributed by atoms with Gasteiger partial charge in [0.1, 0.15) is 11.9 Å². The third-order valence-corrected chi connectivity index (χ3v) is 6.00. The van der Waals surface area contributed by atoms with E-state index in [1.165, 1.54) is 29.5 Å². The lowest BCUT2D eigenvalue weighted by Gasteiger charge is -2.33. The SMILES string of the molecule is NC1=N[C@@](c2cc(CC(=O)c3csc(Cl)c3)ccc2F)(C(F)F)[C@H]2C[C@H]2O1. The molecule has 1 aliphatic carbocycles. The van der Waals surface area contributed by atoms with Gasteiger partial charge in [-0.15, -0.1) is 11.3 Å². The molecule has 27 heavy (non-hydrogen) atoms. The Kier molecular flexibility index (Phi) is 4.43. The smallest absolute Gasteiger partial charge is 0.283 e. The van der Waals surface area contributed by atoms with Crippen molar-refractivity contribution in [3.8, 4) is 0 Å². The summed E-state index contributed by atoms with van der Waals surface area (Å²) in [4.78, 5) is 16.2. The number of halogens is 4. The fourth-order valence-corrected chi connectivity index (χ4v) is 4.42. The van der Waals surface area contributed by atoms with E-state index in [2.05, 4.69) is 4.99 Å². The van der Waals surface area contributed by atoms with Crippen molar-refractivity contribution in [1.82, 2.24) is 0 Å². The minimum absolute atomic E-state index is 0.0660. The molecule has 1 fully saturated rings. The van der Waals surface area contributed by atoms with Gasteiger partial charge in [0.25, 0.3) is 12.4 Å². The van der Waals surface area contributed by atoms with Gasteiger partial charge < -0.3 is 10.5 Å². The maximum atomic E-state index is 14.6. The number of rotatable bonds is 5. The molecular formula is C18H14ClF3N2O2S. The molecule has 0 amide bonds. The number of alkyl halides is 2. The number of amidine groups is 1. The molecule has 0 saturated heterocycles. The van der Waals surface area contributed by atoms with Gasteiger partial charge in [-0.25, -0.2) is 18.2 Å². The van der Waals surface area contributed by atoms with Crippen LogP contribution in [0.1, 0.15) is 27.9 Å². The van der Waals surface area contributed by atoms with Crippen molar-refractivity contribution < 1.29 is 22.7 Å². The van der Waals surface area contributed by atoms with Crippen LogP contribution in [0.2, 0.25) is 4.34 Å². The highest BCUT2D eigenvalue weighted by Crippen LogP contribution is 2.56. The number of fused-ring (bicyclic) bond motifs is 1. The molecule has 2 aliphatic rings. The Morgan fingerprint density at radius 1 is 1.44 bits per heavy atom. The average Bonchev–Trinajstić information content (AvgIpc) is 3.26. The summed E-state index contributed by atoms with van der Waals surface area (Å²) in [6.07, 6.45) is -3.20. The summed E-state index contributed by atoms with van der Waals surface area (Å²) in [5.74, 6) is -1.70. The van der Waals surface area contributed by atoms with Crippen LogP contribution in [0, 0.1) is 11.7 Å². The first-order chi connectivity index (χ1) is 12.8. The third-order valence-electron chi connectivity index (χ3n) is 4.91. The molecule has 0 radical (unpaired) electrons. The average molecular weight is 415 g/mol. The lowest BCUT2D eigenvalue weighted by molar-refractivity contribution is 0.0176. The molecule has 9 heteroatoms. The van der Waals surface area contributed by atoms with Crippen molar-refractivity contribution in [1.29, 1.82) is 0 Å². The van der Waals surface area contributed by atoms with Crippen molar-refractivity contribution in [2.24, 2.45) is 16.6 Å². The van der Waals surface area contributed by atoms with Crippen LogP contribution in [0.15, 0.2) is 34.6 Å². The van der Waals surface area contributed by atoms with Crippen molar-refractivity contribution in [3.05, 3.63) is 56.5 Å². The minimum Gasteiger partial charge on any atom is -0.462 e. The van der Waals surface area contributed by atoms with Gasteiger partial charge in [0.2, 0.25) is 0 Å². The number of carbonyl (C=O) groups excluding carboxylic acids is 1. The number of thiophene rings is 1. The van der Waals surface area contributed by atoms with Crippen LogP contribution in [0.3, 0.4) is 0 Å². The van der Waals surface area contributed by atoms with E-state index in [4.69, 9.17) is 22.1 Å². The van der Waals surface area contributed by atoms with Gasteiger partial charge in [0.05, 0.1) is 4.34 Å². The van der Waals surface area contributed by atoms with E-state index in [9.17, 15) is 18.0 Å². The first-order valence-electron chi connectivity index (χ1n) is 8.17. The summed E-state index contributed by atoms with van der Waals surface area (Å²) in [5, 5.41) is 1.62. The van der Waals surface area contributed by atoms with Crippen LogP contribution in [0.25, 0.3) is 0 Å². The molecule has 0 spiro atoms. The normalized spacial score (nSPS) is 26.3. The number of nitrogens with zero attached hydrogens (tertiary/aromatic N) is 1. The van der Waals surface area contributed by atoms with Crippen LogP contribution in [-0.4, -0.2) is 24.3 Å². The van der Waals surface area contributed by atoms with Crippen LogP contribution < -0.4 is 5.73 Å². The molecule has 2 aromatic rings. The Morgan fingerprint density at radius 3 is 2.89 bits per heavy atom. The maximum absolute atomic E-state index is 14.6. The zero-order valence-corrected chi connectivity index (χ0v) is 15.4. The lowest BCUT2D eigenvalue weighted by atomic mass is 9.83. The number of ether oxygens (including phenoxy) is 1. The topological polar surface area (TPSA) is 64.7 Å². The quantitative estimate of drug-likeness (QED) is 0.747. The molecule has 2 N–H and O–H groups in total. The standard InChI is InChI=1S/C18H14ClF3N2O2S/c19-15-5-9(7-27-15)13(25)4-8-1-2-12(20)10(3-8)18(16(21)22)11-6-14(11)26-17(23)24-18/h1-3,5,7,11,14,16H,4,6H2,(H2,23,24)/t11-,14+,18+/m0/s1. The molecular weight excluding hydrogens is 401 g/mol. The van der Waals surface area contributed by atoms with Crippen molar-refractivity contribution >= 4 is 34.7 Å². The Morgan fingerprint density at radius 2 is 2.22 bits per heavy atom. The molecule has 0 unspecified atom stereocenters. The Balaban J connectivity index is 1.72. The van der Waals surface area contributed by atoms with E-state index in [1.54, 1.807) is 5.38 Å². The summed E-state index contributed by atoms with van der Waals surface area (Å²) in [5.41, 5.74) is 4.04. The molecule has 3 atom stereocenters. The lowest BCUT2D eigenvalue weighted by Crippen LogP contribution is -2.43. The molecule has 1 aliphatic heterocycles. The van der Waals surface area contributed by atoms with E-state index in [0.717, 1.165) is 6.07 Å². The first kappa shape index (κ1) is 18.3. The van der Waals surface area contributed by atoms with Crippen LogP contribution >= 0.6 is 22.9 Å². The molecule has 142 valence electrons. The highest BCUT2D eigenvalue weighted by Gasteiger charge is 2.64. The number of benzene rings is 1. The van der Waals surface area contributed by atoms with Gasteiger partial charge in [-0.3, -0.25) is 4.79 Å². The fraction of sp³-hybridized carbons (Fsp3) is 0.333. The molecule has 4 rings (SSSR count). The van der Waals surface area contributed by atoms with Crippen molar-refractivity contribution in [2.45, 2.75) is 30.9 Å². The second kappa shape index (κ2) is 6.53. The van der Waals surface area contributed by atoms with Gasteiger partial charge in [0, 0.05) is 28.8 Å². The monoisotopic (exact) mass is 414 g/mol. The number of nitrogens with two attached hydrogens (primary N) is 1. The molecule has 1 aromatic heterocycles. The number of Topliss-reactive ketones (excluding diaryl/α,β-unsaturated/α-hetero) is 1. The van der Waals surface area contributed by atoms with Crippen LogP contribution in [-0.2, 0) is 16.7 Å². The second-order valence-corrected chi connectivity index (χ2v) is 8.17. The predicted octanol–water partition coefficient (Wildman–Crippen LogP) is 4.16. The molecule has 1 saturated carbocycles. The van der Waals surface area contributed by atoms with E-state index in [0.29, 0.717) is 21.9 Å². The second-order valence-electron chi connectivity index (χ2n) is 6.63. The first-order valence-corrected chi connectivity index (χ1v) is 9.43. The zero-order chi connectivity index (χ0) is 19.3. The van der Waals surface area contributed by atoms with Crippen LogP contribution in [0.4, 0.5) is 13.2 Å². The van der Waals surface area contributed by atoms with Crippen LogP contribution in [0.5, 0.6) is 0 Å². The van der Waals surface area contributed by atoms with E-state index >= 15 is 0 Å². The largest absolute Gasteiger partial charge is 0.462 e. The molecule has 0 bridgehead atoms. The zero-order valence-electron chi connectivity index (χ0n) is 13.8. The summed E-state index contributed by atoms with van der Waals surface area (Å²) in [6, 6.07) is 4.94. The fourth-order valence-electron chi connectivity index (χ4n) is 3.53. The summed E-state index contributed by atoms with van der Waals surface area (Å²) in [6.45, 7) is 0. The van der Waals surface area contributed by atoms with E-state index in [-0.39, 0.29) is 23.8 Å². The summed E-state index contributed by atoms with van der Waals surface area (Å²) >= 11 is 7.06. The van der Waals surface area contributed by atoms with Gasteiger partial charge in [-0.05, 0) is 30.2 Å². The maximum Gasteiger partial charge on any atom is 0.283 e. The Labute approximate surface area is 161 Å². The molecule has 4 nitrogen and oxygen atoms in total.